The van der Waals surface area contributed by atoms with Crippen molar-refractivity contribution in [2.75, 3.05) is 7.11 Å². The molecular weight excluding hydrogens is 488 g/mol. The lowest BCUT2D eigenvalue weighted by Crippen LogP contribution is -2.09. The van der Waals surface area contributed by atoms with Crippen molar-refractivity contribution in [3.63, 3.8) is 0 Å². The third kappa shape index (κ3) is 3.91. The molecule has 0 bridgehead atoms. The lowest BCUT2D eigenvalue weighted by molar-refractivity contribution is 0.0704. The standard InChI is InChI=1S/C26H17BrO6/c1-14-24(15-3-6-18(30-2)7-4-15)25(28)20-9-8-19(13-22(20)31-14)32-26(29)23-12-16-11-17(27)5-10-21(16)33-23/h3-13H,1-2H3. The number of methoxy groups -OCH3 is 1. The number of carbonyl (C=O) groups is 1. The molecule has 0 N–H and O–H groups in total. The first-order valence-electron chi connectivity index (χ1n) is 10.1. The van der Waals surface area contributed by atoms with Crippen LogP contribution in [0.3, 0.4) is 0 Å². The number of ether oxygens (including phenoxy) is 2. The maximum Gasteiger partial charge on any atom is 0.379 e. The maximum absolute atomic E-state index is 13.2. The van der Waals surface area contributed by atoms with Gasteiger partial charge in [0.2, 0.25) is 11.2 Å². The average molecular weight is 505 g/mol. The summed E-state index contributed by atoms with van der Waals surface area (Å²) in [6.07, 6.45) is 0. The van der Waals surface area contributed by atoms with Crippen LogP contribution in [0.5, 0.6) is 11.5 Å². The molecule has 0 aliphatic rings. The average Bonchev–Trinajstić information content (AvgIpc) is 3.23. The summed E-state index contributed by atoms with van der Waals surface area (Å²) < 4.78 is 23.0. The molecule has 3 aromatic carbocycles. The highest BCUT2D eigenvalue weighted by molar-refractivity contribution is 9.10. The molecule has 0 unspecified atom stereocenters. The van der Waals surface area contributed by atoms with Crippen LogP contribution in [0, 0.1) is 6.92 Å². The van der Waals surface area contributed by atoms with Crippen molar-refractivity contribution in [1.29, 1.82) is 0 Å². The molecule has 164 valence electrons. The molecule has 2 heterocycles. The molecule has 0 spiro atoms. The zero-order valence-corrected chi connectivity index (χ0v) is 19.3. The summed E-state index contributed by atoms with van der Waals surface area (Å²) in [6.45, 7) is 1.73. The molecular formula is C26H17BrO6. The number of esters is 1. The van der Waals surface area contributed by atoms with Crippen LogP contribution in [0.25, 0.3) is 33.1 Å². The summed E-state index contributed by atoms with van der Waals surface area (Å²) >= 11 is 3.39. The summed E-state index contributed by atoms with van der Waals surface area (Å²) in [5.41, 5.74) is 1.95. The summed E-state index contributed by atoms with van der Waals surface area (Å²) in [7, 11) is 1.59. The Kier molecular flexibility index (Phi) is 5.26. The number of rotatable bonds is 4. The summed E-state index contributed by atoms with van der Waals surface area (Å²) in [4.78, 5) is 25.8. The normalized spacial score (nSPS) is 11.1. The van der Waals surface area contributed by atoms with Crippen molar-refractivity contribution in [3.8, 4) is 22.6 Å². The van der Waals surface area contributed by atoms with Crippen LogP contribution < -0.4 is 14.9 Å². The van der Waals surface area contributed by atoms with Crippen molar-refractivity contribution < 1.29 is 23.1 Å². The lowest BCUT2D eigenvalue weighted by Gasteiger charge is -2.09. The van der Waals surface area contributed by atoms with E-state index in [2.05, 4.69) is 15.9 Å². The van der Waals surface area contributed by atoms with Gasteiger partial charge in [0, 0.05) is 15.9 Å². The Balaban J connectivity index is 1.47. The SMILES string of the molecule is COc1ccc(-c2c(C)oc3cc(OC(=O)c4cc5cc(Br)ccc5o4)ccc3c2=O)cc1. The molecule has 0 amide bonds. The fourth-order valence-corrected chi connectivity index (χ4v) is 4.09. The molecule has 6 nitrogen and oxygen atoms in total. The van der Waals surface area contributed by atoms with E-state index in [-0.39, 0.29) is 16.9 Å². The molecule has 5 rings (SSSR count). The van der Waals surface area contributed by atoms with E-state index in [1.807, 2.05) is 24.3 Å². The van der Waals surface area contributed by atoms with Crippen LogP contribution >= 0.6 is 15.9 Å². The van der Waals surface area contributed by atoms with Gasteiger partial charge in [-0.2, -0.15) is 0 Å². The number of benzene rings is 3. The molecule has 0 fully saturated rings. The molecule has 0 aliphatic carbocycles. The minimum Gasteiger partial charge on any atom is -0.497 e. The van der Waals surface area contributed by atoms with Crippen molar-refractivity contribution in [2.45, 2.75) is 6.92 Å². The van der Waals surface area contributed by atoms with Crippen LogP contribution in [0.1, 0.15) is 16.3 Å². The summed E-state index contributed by atoms with van der Waals surface area (Å²) in [5.74, 6) is 0.842. The highest BCUT2D eigenvalue weighted by atomic mass is 79.9. The predicted molar refractivity (Wildman–Crippen MR) is 128 cm³/mol. The molecule has 7 heteroatoms. The van der Waals surface area contributed by atoms with Gasteiger partial charge in [0.15, 0.2) is 0 Å². The quantitative estimate of drug-likeness (QED) is 0.205. The fourth-order valence-electron chi connectivity index (χ4n) is 3.71. The van der Waals surface area contributed by atoms with Gasteiger partial charge in [0.25, 0.3) is 0 Å². The van der Waals surface area contributed by atoms with Gasteiger partial charge in [-0.3, -0.25) is 4.79 Å². The summed E-state index contributed by atoms with van der Waals surface area (Å²) in [5, 5.41) is 1.17. The van der Waals surface area contributed by atoms with Crippen molar-refractivity contribution in [1.82, 2.24) is 0 Å². The Labute approximate surface area is 196 Å². The second-order valence-corrected chi connectivity index (χ2v) is 8.35. The number of aryl methyl sites for hydroxylation is 1. The Morgan fingerprint density at radius 2 is 1.64 bits per heavy atom. The highest BCUT2D eigenvalue weighted by Gasteiger charge is 2.18. The number of hydrogen-bond acceptors (Lipinski definition) is 6. The van der Waals surface area contributed by atoms with E-state index in [4.69, 9.17) is 18.3 Å². The molecule has 2 aromatic heterocycles. The van der Waals surface area contributed by atoms with E-state index in [9.17, 15) is 9.59 Å². The van der Waals surface area contributed by atoms with E-state index in [1.54, 1.807) is 50.4 Å². The first-order valence-corrected chi connectivity index (χ1v) is 10.9. The first-order chi connectivity index (χ1) is 15.9. The maximum atomic E-state index is 13.2. The zero-order chi connectivity index (χ0) is 23.1. The zero-order valence-electron chi connectivity index (χ0n) is 17.7. The molecule has 0 aliphatic heterocycles. The number of carbonyl (C=O) groups excluding carboxylic acids is 1. The Morgan fingerprint density at radius 1 is 0.879 bits per heavy atom. The van der Waals surface area contributed by atoms with Gasteiger partial charge in [-0.1, -0.05) is 28.1 Å². The van der Waals surface area contributed by atoms with Gasteiger partial charge >= 0.3 is 5.97 Å². The van der Waals surface area contributed by atoms with Gasteiger partial charge in [-0.05, 0) is 61.0 Å². The molecule has 0 saturated carbocycles. The van der Waals surface area contributed by atoms with Crippen LogP contribution in [0.15, 0.2) is 84.8 Å². The Bertz CT molecular complexity index is 1580. The van der Waals surface area contributed by atoms with Crippen LogP contribution in [0.2, 0.25) is 0 Å². The highest BCUT2D eigenvalue weighted by Crippen LogP contribution is 2.29. The van der Waals surface area contributed by atoms with Gasteiger partial charge in [-0.25, -0.2) is 4.79 Å². The number of fused-ring (bicyclic) bond motifs is 2. The largest absolute Gasteiger partial charge is 0.497 e. The van der Waals surface area contributed by atoms with Crippen molar-refractivity contribution >= 4 is 43.8 Å². The number of halogens is 1. The van der Waals surface area contributed by atoms with E-state index in [1.165, 1.54) is 6.07 Å². The topological polar surface area (TPSA) is 78.9 Å². The van der Waals surface area contributed by atoms with E-state index < -0.39 is 5.97 Å². The Morgan fingerprint density at radius 3 is 2.39 bits per heavy atom. The Hall–Kier alpha value is -3.84. The van der Waals surface area contributed by atoms with Crippen LogP contribution in [0.4, 0.5) is 0 Å². The van der Waals surface area contributed by atoms with E-state index in [0.717, 1.165) is 15.4 Å². The van der Waals surface area contributed by atoms with E-state index >= 15 is 0 Å². The smallest absolute Gasteiger partial charge is 0.379 e. The lowest BCUT2D eigenvalue weighted by atomic mass is 10.0. The van der Waals surface area contributed by atoms with Gasteiger partial charge in [0.05, 0.1) is 18.1 Å². The first kappa shape index (κ1) is 21.0. The molecule has 0 saturated heterocycles. The number of hydrogen-bond donors (Lipinski definition) is 0. The minimum absolute atomic E-state index is 0.0793. The molecule has 0 radical (unpaired) electrons. The molecule has 5 aromatic rings. The monoisotopic (exact) mass is 504 g/mol. The minimum atomic E-state index is -0.643. The molecule has 0 atom stereocenters. The van der Waals surface area contributed by atoms with Gasteiger partial charge in [-0.15, -0.1) is 0 Å². The van der Waals surface area contributed by atoms with Crippen molar-refractivity contribution in [2.24, 2.45) is 0 Å². The number of furan rings is 1. The van der Waals surface area contributed by atoms with Gasteiger partial charge < -0.3 is 18.3 Å². The van der Waals surface area contributed by atoms with Gasteiger partial charge in [0.1, 0.15) is 28.4 Å². The third-order valence-electron chi connectivity index (χ3n) is 5.31. The predicted octanol–water partition coefficient (Wildman–Crippen LogP) is 6.50. The fraction of sp³-hybridized carbons (Fsp3) is 0.0769. The van der Waals surface area contributed by atoms with Crippen molar-refractivity contribution in [3.05, 3.63) is 92.9 Å². The van der Waals surface area contributed by atoms with Crippen LogP contribution in [-0.2, 0) is 0 Å². The third-order valence-corrected chi connectivity index (χ3v) is 5.80. The van der Waals surface area contributed by atoms with Crippen LogP contribution in [-0.4, -0.2) is 13.1 Å². The van der Waals surface area contributed by atoms with E-state index in [0.29, 0.717) is 33.6 Å². The molecule has 33 heavy (non-hydrogen) atoms. The second-order valence-electron chi connectivity index (χ2n) is 7.43. The summed E-state index contributed by atoms with van der Waals surface area (Å²) in [6, 6.07) is 18.9. The second kappa shape index (κ2) is 8.26.